The summed E-state index contributed by atoms with van der Waals surface area (Å²) < 4.78 is 20.4. The van der Waals surface area contributed by atoms with Gasteiger partial charge in [0.05, 0.1) is 24.5 Å². The van der Waals surface area contributed by atoms with Crippen LogP contribution in [0.1, 0.15) is 11.6 Å². The largest absolute Gasteiger partial charge is 0.497 e. The molecule has 2 saturated heterocycles. The number of amides is 1. The van der Waals surface area contributed by atoms with Crippen LogP contribution in [0.5, 0.6) is 5.75 Å². The maximum atomic E-state index is 15.2. The van der Waals surface area contributed by atoms with Crippen molar-refractivity contribution < 1.29 is 13.9 Å². The lowest BCUT2D eigenvalue weighted by atomic mass is 10.0. The lowest BCUT2D eigenvalue weighted by molar-refractivity contribution is -0.129. The van der Waals surface area contributed by atoms with E-state index in [-0.39, 0.29) is 12.5 Å². The molecule has 3 heterocycles. The minimum Gasteiger partial charge on any atom is -0.497 e. The summed E-state index contributed by atoms with van der Waals surface area (Å²) in [7, 11) is 1.49. The Morgan fingerprint density at radius 2 is 2.12 bits per heavy atom. The minimum absolute atomic E-state index is 0.0304. The Hall–Kier alpha value is -3.18. The molecule has 0 aliphatic carbocycles. The van der Waals surface area contributed by atoms with Gasteiger partial charge in [0.1, 0.15) is 30.0 Å². The van der Waals surface area contributed by atoms with Crippen LogP contribution in [0.25, 0.3) is 11.0 Å². The monoisotopic (exact) mass is 498 g/mol. The molecule has 2 aromatic carbocycles. The number of benzene rings is 2. The number of amidine groups is 1. The van der Waals surface area contributed by atoms with E-state index < -0.39 is 11.9 Å². The van der Waals surface area contributed by atoms with E-state index in [1.807, 2.05) is 34.9 Å². The highest BCUT2D eigenvalue weighted by Crippen LogP contribution is 2.35. The number of carbonyl (C=O) groups is 1. The van der Waals surface area contributed by atoms with E-state index in [2.05, 4.69) is 20.3 Å². The summed E-state index contributed by atoms with van der Waals surface area (Å²) in [6, 6.07) is 9.69. The van der Waals surface area contributed by atoms with Crippen molar-refractivity contribution in [3.05, 3.63) is 54.1 Å². The normalized spacial score (nSPS) is 19.6. The van der Waals surface area contributed by atoms with E-state index in [0.717, 1.165) is 28.2 Å². The zero-order valence-electron chi connectivity index (χ0n) is 18.5. The summed E-state index contributed by atoms with van der Waals surface area (Å²) in [6.07, 6.45) is 1.62. The van der Waals surface area contributed by atoms with Crippen LogP contribution < -0.4 is 15.0 Å². The molecule has 34 heavy (non-hydrogen) atoms. The molecule has 1 amide bonds. The first-order valence-corrected chi connectivity index (χ1v) is 12.4. The average molecular weight is 499 g/mol. The number of rotatable bonds is 5. The third-order valence-corrected chi connectivity index (χ3v) is 7.14. The van der Waals surface area contributed by atoms with Gasteiger partial charge in [0.15, 0.2) is 5.11 Å². The number of aromatic nitrogens is 2. The number of carbonyl (C=O) groups excluding carboxylic acids is 1. The standard InChI is InChI=1S/C23H23FN6O2S2/c1-32-15-3-4-16(17(24)11-15)21-22(25-12-20(31)29-6-8-34-9-7-29)28-23(33)30(21)14-2-5-18-19(10-14)27-13-26-18/h2-5,10-11,13,21H,6-9,12H2,1H3,(H,26,27)(H,25,28,33). The van der Waals surface area contributed by atoms with Crippen molar-refractivity contribution in [3.8, 4) is 5.75 Å². The summed E-state index contributed by atoms with van der Waals surface area (Å²) >= 11 is 7.48. The molecule has 2 N–H and O–H groups in total. The lowest BCUT2D eigenvalue weighted by Crippen LogP contribution is -2.39. The molecule has 0 radical (unpaired) electrons. The fraction of sp³-hybridized carbons (Fsp3) is 0.304. The summed E-state index contributed by atoms with van der Waals surface area (Å²) in [4.78, 5) is 28.3. The second kappa shape index (κ2) is 9.59. The van der Waals surface area contributed by atoms with E-state index in [9.17, 15) is 4.79 Å². The van der Waals surface area contributed by atoms with Crippen LogP contribution in [0.2, 0.25) is 0 Å². The second-order valence-electron chi connectivity index (χ2n) is 7.89. The fourth-order valence-electron chi connectivity index (χ4n) is 4.15. The molecule has 3 aromatic rings. The van der Waals surface area contributed by atoms with E-state index in [1.165, 1.54) is 13.2 Å². The van der Waals surface area contributed by atoms with Crippen LogP contribution in [0.4, 0.5) is 10.1 Å². The van der Waals surface area contributed by atoms with E-state index in [1.54, 1.807) is 23.4 Å². The zero-order chi connectivity index (χ0) is 23.7. The molecular formula is C23H23FN6O2S2. The van der Waals surface area contributed by atoms with Crippen molar-refractivity contribution in [1.29, 1.82) is 0 Å². The third-order valence-electron chi connectivity index (χ3n) is 5.90. The van der Waals surface area contributed by atoms with Gasteiger partial charge in [-0.15, -0.1) is 0 Å². The van der Waals surface area contributed by atoms with Crippen LogP contribution in [0, 0.1) is 5.82 Å². The summed E-state index contributed by atoms with van der Waals surface area (Å²) in [5, 5.41) is 3.49. The Bertz CT molecular complexity index is 1270. The smallest absolute Gasteiger partial charge is 0.244 e. The van der Waals surface area contributed by atoms with Gasteiger partial charge in [0.2, 0.25) is 5.91 Å². The van der Waals surface area contributed by atoms with Gasteiger partial charge in [-0.1, -0.05) is 0 Å². The number of nitrogens with zero attached hydrogens (tertiary/aromatic N) is 4. The number of halogens is 1. The predicted molar refractivity (Wildman–Crippen MR) is 136 cm³/mol. The third kappa shape index (κ3) is 4.32. The molecule has 1 atom stereocenters. The van der Waals surface area contributed by atoms with Crippen LogP contribution in [-0.4, -0.2) is 70.0 Å². The molecule has 0 saturated carbocycles. The molecule has 0 bridgehead atoms. The van der Waals surface area contributed by atoms with Gasteiger partial charge in [-0.25, -0.2) is 9.37 Å². The second-order valence-corrected chi connectivity index (χ2v) is 9.50. The van der Waals surface area contributed by atoms with Crippen molar-refractivity contribution in [2.75, 3.05) is 43.1 Å². The molecule has 11 heteroatoms. The van der Waals surface area contributed by atoms with E-state index in [0.29, 0.717) is 35.4 Å². The zero-order valence-corrected chi connectivity index (χ0v) is 20.1. The van der Waals surface area contributed by atoms with Crippen molar-refractivity contribution in [1.82, 2.24) is 20.2 Å². The number of hydrogen-bond donors (Lipinski definition) is 2. The number of aliphatic imine (C=N–C) groups is 1. The molecule has 176 valence electrons. The Kier molecular flexibility index (Phi) is 6.38. The SMILES string of the molecule is COc1ccc(C2C(=NCC(=O)N3CCSCC3)NC(=S)N2c2ccc3nc[nH]c3c2)c(F)c1. The van der Waals surface area contributed by atoms with E-state index >= 15 is 4.39 Å². The molecular weight excluding hydrogens is 475 g/mol. The quantitative estimate of drug-likeness (QED) is 0.523. The predicted octanol–water partition coefficient (Wildman–Crippen LogP) is 3.12. The summed E-state index contributed by atoms with van der Waals surface area (Å²) in [5.41, 5.74) is 2.77. The van der Waals surface area contributed by atoms with Gasteiger partial charge in [-0.3, -0.25) is 9.79 Å². The molecule has 0 spiro atoms. The first kappa shape index (κ1) is 22.6. The van der Waals surface area contributed by atoms with Crippen molar-refractivity contribution >= 4 is 57.6 Å². The van der Waals surface area contributed by atoms with Crippen molar-refractivity contribution in [2.45, 2.75) is 6.04 Å². The molecule has 2 aliphatic heterocycles. The number of H-pyrrole nitrogens is 1. The Balaban J connectivity index is 1.52. The van der Waals surface area contributed by atoms with Crippen LogP contribution >= 0.6 is 24.0 Å². The highest BCUT2D eigenvalue weighted by atomic mass is 32.2. The summed E-state index contributed by atoms with van der Waals surface area (Å²) in [6.45, 7) is 1.40. The number of ether oxygens (including phenoxy) is 1. The average Bonchev–Trinajstić information content (AvgIpc) is 3.46. The van der Waals surface area contributed by atoms with Gasteiger partial charge in [0.25, 0.3) is 0 Å². The Morgan fingerprint density at radius 1 is 1.29 bits per heavy atom. The number of thioether (sulfide) groups is 1. The van der Waals surface area contributed by atoms with E-state index in [4.69, 9.17) is 17.0 Å². The molecule has 1 unspecified atom stereocenters. The maximum absolute atomic E-state index is 15.2. The van der Waals surface area contributed by atoms with Gasteiger partial charge in [-0.2, -0.15) is 11.8 Å². The number of fused-ring (bicyclic) bond motifs is 1. The van der Waals surface area contributed by atoms with Crippen molar-refractivity contribution in [2.24, 2.45) is 4.99 Å². The number of methoxy groups -OCH3 is 1. The van der Waals surface area contributed by atoms with Gasteiger partial charge >= 0.3 is 0 Å². The molecule has 1 aromatic heterocycles. The maximum Gasteiger partial charge on any atom is 0.244 e. The molecule has 2 fully saturated rings. The number of hydrogen-bond acceptors (Lipinski definition) is 6. The topological polar surface area (TPSA) is 85.8 Å². The number of imidazole rings is 1. The van der Waals surface area contributed by atoms with Crippen LogP contribution in [0.3, 0.4) is 0 Å². The summed E-state index contributed by atoms with van der Waals surface area (Å²) in [5.74, 6) is 2.19. The number of thiocarbonyl (C=S) groups is 1. The first-order chi connectivity index (χ1) is 16.5. The number of nitrogens with one attached hydrogen (secondary N) is 2. The van der Waals surface area contributed by atoms with Crippen LogP contribution in [0.15, 0.2) is 47.7 Å². The molecule has 5 rings (SSSR count). The minimum atomic E-state index is -0.663. The van der Waals surface area contributed by atoms with Gasteiger partial charge < -0.3 is 24.8 Å². The highest BCUT2D eigenvalue weighted by molar-refractivity contribution is 7.99. The lowest BCUT2D eigenvalue weighted by Gasteiger charge is -2.26. The van der Waals surface area contributed by atoms with Gasteiger partial charge in [0, 0.05) is 41.9 Å². The fourth-order valence-corrected chi connectivity index (χ4v) is 5.37. The number of anilines is 1. The van der Waals surface area contributed by atoms with Crippen molar-refractivity contribution in [3.63, 3.8) is 0 Å². The Labute approximate surface area is 205 Å². The molecule has 8 nitrogen and oxygen atoms in total. The number of aromatic amines is 1. The molecule has 2 aliphatic rings. The van der Waals surface area contributed by atoms with Gasteiger partial charge in [-0.05, 0) is 42.5 Å². The highest BCUT2D eigenvalue weighted by Gasteiger charge is 2.38. The Morgan fingerprint density at radius 3 is 2.88 bits per heavy atom. The van der Waals surface area contributed by atoms with Crippen LogP contribution in [-0.2, 0) is 4.79 Å². The first-order valence-electron chi connectivity index (χ1n) is 10.8.